The zero-order chi connectivity index (χ0) is 22.7. The van der Waals surface area contributed by atoms with Gasteiger partial charge in [0.05, 0.1) is 35.8 Å². The fourth-order valence-electron chi connectivity index (χ4n) is 3.16. The van der Waals surface area contributed by atoms with Crippen molar-refractivity contribution in [3.05, 3.63) is 76.9 Å². The van der Waals surface area contributed by atoms with E-state index in [2.05, 4.69) is 31.2 Å². The normalized spacial score (nSPS) is 11.3. The molecule has 0 aliphatic rings. The SMILES string of the molecule is COc1cc(Nc2nc3ccccc3nc2CS(=O)(=O)c2ccc(Br)cc2)cc(OC)c1. The minimum atomic E-state index is -3.65. The van der Waals surface area contributed by atoms with Crippen LogP contribution in [0.2, 0.25) is 0 Å². The summed E-state index contributed by atoms with van der Waals surface area (Å²) in [4.78, 5) is 9.47. The Kier molecular flexibility index (Phi) is 6.29. The van der Waals surface area contributed by atoms with Crippen molar-refractivity contribution < 1.29 is 17.9 Å². The lowest BCUT2D eigenvalue weighted by Gasteiger charge is -2.14. The maximum absolute atomic E-state index is 13.1. The standard InChI is InChI=1S/C23H20BrN3O4S/c1-30-17-11-16(12-18(13-17)31-2)25-23-22(26-20-5-3-4-6-21(20)27-23)14-32(28,29)19-9-7-15(24)8-10-19/h3-13H,14H2,1-2H3,(H,25,27). The number of aromatic nitrogens is 2. The average Bonchev–Trinajstić information content (AvgIpc) is 2.79. The number of benzene rings is 3. The number of hydrogen-bond acceptors (Lipinski definition) is 7. The van der Waals surface area contributed by atoms with E-state index in [1.807, 2.05) is 18.2 Å². The number of ether oxygens (including phenoxy) is 2. The minimum Gasteiger partial charge on any atom is -0.497 e. The van der Waals surface area contributed by atoms with Crippen molar-refractivity contribution in [1.82, 2.24) is 9.97 Å². The van der Waals surface area contributed by atoms with Gasteiger partial charge in [-0.1, -0.05) is 28.1 Å². The van der Waals surface area contributed by atoms with Crippen LogP contribution in [0.4, 0.5) is 11.5 Å². The Morgan fingerprint density at radius 3 is 2.06 bits per heavy atom. The fourth-order valence-corrected chi connectivity index (χ4v) is 4.70. The number of halogens is 1. The molecule has 0 aliphatic heterocycles. The van der Waals surface area contributed by atoms with Crippen LogP contribution < -0.4 is 14.8 Å². The third-order valence-corrected chi connectivity index (χ3v) is 6.93. The van der Waals surface area contributed by atoms with E-state index in [9.17, 15) is 8.42 Å². The van der Waals surface area contributed by atoms with E-state index in [1.165, 1.54) is 0 Å². The molecule has 7 nitrogen and oxygen atoms in total. The summed E-state index contributed by atoms with van der Waals surface area (Å²) in [6, 6.07) is 19.1. The smallest absolute Gasteiger partial charge is 0.184 e. The highest BCUT2D eigenvalue weighted by Gasteiger charge is 2.21. The summed E-state index contributed by atoms with van der Waals surface area (Å²) in [7, 11) is -0.532. The molecular weight excluding hydrogens is 494 g/mol. The Morgan fingerprint density at radius 2 is 1.47 bits per heavy atom. The maximum atomic E-state index is 13.1. The first-order valence-corrected chi connectivity index (χ1v) is 12.1. The molecule has 9 heteroatoms. The number of anilines is 2. The molecule has 1 N–H and O–H groups in total. The molecule has 1 aromatic heterocycles. The molecule has 0 saturated carbocycles. The van der Waals surface area contributed by atoms with Crippen LogP contribution in [0.5, 0.6) is 11.5 Å². The Labute approximate surface area is 194 Å². The van der Waals surface area contributed by atoms with Crippen LogP contribution >= 0.6 is 15.9 Å². The summed E-state index contributed by atoms with van der Waals surface area (Å²) in [6.07, 6.45) is 0. The van der Waals surface area contributed by atoms with Gasteiger partial charge in [-0.15, -0.1) is 0 Å². The quantitative estimate of drug-likeness (QED) is 0.366. The van der Waals surface area contributed by atoms with Gasteiger partial charge in [0, 0.05) is 28.4 Å². The van der Waals surface area contributed by atoms with Crippen LogP contribution in [0.1, 0.15) is 5.69 Å². The number of nitrogens with zero attached hydrogens (tertiary/aromatic N) is 2. The van der Waals surface area contributed by atoms with Crippen LogP contribution in [-0.4, -0.2) is 32.6 Å². The molecule has 0 spiro atoms. The number of nitrogens with one attached hydrogen (secondary N) is 1. The molecule has 0 unspecified atom stereocenters. The van der Waals surface area contributed by atoms with Gasteiger partial charge in [0.25, 0.3) is 0 Å². The molecule has 0 saturated heterocycles. The Bertz CT molecular complexity index is 1350. The van der Waals surface area contributed by atoms with Gasteiger partial charge in [0.15, 0.2) is 15.7 Å². The minimum absolute atomic E-state index is 0.213. The van der Waals surface area contributed by atoms with E-state index in [4.69, 9.17) is 9.47 Å². The van der Waals surface area contributed by atoms with E-state index in [0.717, 1.165) is 4.47 Å². The summed E-state index contributed by atoms with van der Waals surface area (Å²) >= 11 is 3.33. The van der Waals surface area contributed by atoms with E-state index >= 15 is 0 Å². The summed E-state index contributed by atoms with van der Waals surface area (Å²) in [6.45, 7) is 0. The van der Waals surface area contributed by atoms with Gasteiger partial charge in [0.2, 0.25) is 0 Å². The van der Waals surface area contributed by atoms with Crippen molar-refractivity contribution >= 4 is 48.3 Å². The number of hydrogen-bond donors (Lipinski definition) is 1. The van der Waals surface area contributed by atoms with Crippen LogP contribution in [0.25, 0.3) is 11.0 Å². The number of sulfone groups is 1. The van der Waals surface area contributed by atoms with Crippen LogP contribution in [-0.2, 0) is 15.6 Å². The molecule has 164 valence electrons. The lowest BCUT2D eigenvalue weighted by molar-refractivity contribution is 0.395. The third kappa shape index (κ3) is 4.84. The lowest BCUT2D eigenvalue weighted by atomic mass is 10.2. The van der Waals surface area contributed by atoms with Gasteiger partial charge in [-0.2, -0.15) is 0 Å². The molecule has 0 aliphatic carbocycles. The number of fused-ring (bicyclic) bond motifs is 1. The second kappa shape index (κ2) is 9.13. The zero-order valence-electron chi connectivity index (χ0n) is 17.4. The van der Waals surface area contributed by atoms with E-state index in [-0.39, 0.29) is 10.6 Å². The second-order valence-corrected chi connectivity index (χ2v) is 9.85. The predicted octanol–water partition coefficient (Wildman–Crippen LogP) is 5.13. The molecule has 1 heterocycles. The molecule has 0 bridgehead atoms. The number of rotatable bonds is 7. The first-order chi connectivity index (χ1) is 15.4. The van der Waals surface area contributed by atoms with Crippen molar-refractivity contribution in [2.45, 2.75) is 10.6 Å². The predicted molar refractivity (Wildman–Crippen MR) is 127 cm³/mol. The van der Waals surface area contributed by atoms with Crippen LogP contribution in [0, 0.1) is 0 Å². The lowest BCUT2D eigenvalue weighted by Crippen LogP contribution is -2.10. The van der Waals surface area contributed by atoms with Crippen molar-refractivity contribution in [2.24, 2.45) is 0 Å². The molecule has 0 radical (unpaired) electrons. The molecule has 0 atom stereocenters. The average molecular weight is 514 g/mol. The van der Waals surface area contributed by atoms with Crippen molar-refractivity contribution in [3.8, 4) is 11.5 Å². The van der Waals surface area contributed by atoms with E-state index < -0.39 is 9.84 Å². The highest BCUT2D eigenvalue weighted by Crippen LogP contribution is 2.30. The van der Waals surface area contributed by atoms with Gasteiger partial charge >= 0.3 is 0 Å². The van der Waals surface area contributed by atoms with Gasteiger partial charge < -0.3 is 14.8 Å². The second-order valence-electron chi connectivity index (χ2n) is 6.95. The van der Waals surface area contributed by atoms with E-state index in [0.29, 0.717) is 39.7 Å². The number of methoxy groups -OCH3 is 2. The van der Waals surface area contributed by atoms with Crippen LogP contribution in [0.15, 0.2) is 76.1 Å². The van der Waals surface area contributed by atoms with Gasteiger partial charge in [-0.05, 0) is 36.4 Å². The number of para-hydroxylation sites is 2. The fraction of sp³-hybridized carbons (Fsp3) is 0.130. The van der Waals surface area contributed by atoms with Gasteiger partial charge in [-0.25, -0.2) is 18.4 Å². The zero-order valence-corrected chi connectivity index (χ0v) is 19.8. The Hall–Kier alpha value is -3.17. The molecule has 0 amide bonds. The third-order valence-electron chi connectivity index (χ3n) is 4.76. The topological polar surface area (TPSA) is 90.4 Å². The molecule has 4 aromatic rings. The van der Waals surface area contributed by atoms with Crippen molar-refractivity contribution in [1.29, 1.82) is 0 Å². The maximum Gasteiger partial charge on any atom is 0.184 e. The first-order valence-electron chi connectivity index (χ1n) is 9.62. The summed E-state index contributed by atoms with van der Waals surface area (Å²) in [5, 5.41) is 3.19. The molecular formula is C23H20BrN3O4S. The van der Waals surface area contributed by atoms with Crippen molar-refractivity contribution in [2.75, 3.05) is 19.5 Å². The Morgan fingerprint density at radius 1 is 0.875 bits per heavy atom. The van der Waals surface area contributed by atoms with Crippen molar-refractivity contribution in [3.63, 3.8) is 0 Å². The molecule has 0 fully saturated rings. The largest absolute Gasteiger partial charge is 0.497 e. The molecule has 3 aromatic carbocycles. The first kappa shape index (κ1) is 22.0. The van der Waals surface area contributed by atoms with Crippen LogP contribution in [0.3, 0.4) is 0 Å². The van der Waals surface area contributed by atoms with E-state index in [1.54, 1.807) is 62.8 Å². The highest BCUT2D eigenvalue weighted by atomic mass is 79.9. The summed E-state index contributed by atoms with van der Waals surface area (Å²) in [5.74, 6) is 1.21. The summed E-state index contributed by atoms with van der Waals surface area (Å²) in [5.41, 5.74) is 2.21. The Balaban J connectivity index is 1.78. The highest BCUT2D eigenvalue weighted by molar-refractivity contribution is 9.10. The molecule has 4 rings (SSSR count). The molecule has 32 heavy (non-hydrogen) atoms. The monoisotopic (exact) mass is 513 g/mol. The summed E-state index contributed by atoms with van der Waals surface area (Å²) < 4.78 is 37.7. The van der Waals surface area contributed by atoms with Gasteiger partial charge in [0.1, 0.15) is 17.3 Å². The van der Waals surface area contributed by atoms with Gasteiger partial charge in [-0.3, -0.25) is 0 Å².